The molecule has 1 aromatic rings. The third kappa shape index (κ3) is 14.8. The Labute approximate surface area is 185 Å². The standard InChI is InChI=1S/C10H14O.C9H13.C3H6.2ClH.Ti/c1-10(2,3)8-5-4-6-9(11)7-8;1-9(2,3)8-6-4-5-7-8;1-3-2;;;/h4-7,11H,1-3H3;4,6H,5H2,1-3H3;1-2H3;2*1H;/q;-1;;;;+1. The van der Waals surface area contributed by atoms with Gasteiger partial charge in [0.2, 0.25) is 0 Å². The van der Waals surface area contributed by atoms with E-state index in [1.807, 2.05) is 12.1 Å². The fourth-order valence-corrected chi connectivity index (χ4v) is 1.89. The zero-order chi connectivity index (χ0) is 19.0. The van der Waals surface area contributed by atoms with Gasteiger partial charge in [-0.1, -0.05) is 53.7 Å². The van der Waals surface area contributed by atoms with E-state index in [-0.39, 0.29) is 30.2 Å². The summed E-state index contributed by atoms with van der Waals surface area (Å²) in [6.07, 6.45) is 8.63. The van der Waals surface area contributed by atoms with Crippen LogP contribution in [0.25, 0.3) is 0 Å². The van der Waals surface area contributed by atoms with Gasteiger partial charge in [0.1, 0.15) is 5.75 Å². The molecule has 0 radical (unpaired) electrons. The Kier molecular flexibility index (Phi) is 16.1. The van der Waals surface area contributed by atoms with Crippen molar-refractivity contribution in [3.8, 4) is 5.75 Å². The van der Waals surface area contributed by atoms with Crippen LogP contribution in [0.1, 0.15) is 67.4 Å². The molecule has 0 unspecified atom stereocenters. The Morgan fingerprint density at radius 3 is 1.73 bits per heavy atom. The zero-order valence-electron chi connectivity index (χ0n) is 17.4. The van der Waals surface area contributed by atoms with E-state index in [1.165, 1.54) is 9.38 Å². The summed E-state index contributed by atoms with van der Waals surface area (Å²) in [7, 11) is 0. The normalized spacial score (nSPS) is 12.3. The molecule has 1 N–H and O–H groups in total. The van der Waals surface area contributed by atoms with Crippen molar-refractivity contribution in [1.82, 2.24) is 0 Å². The minimum atomic E-state index is 0. The van der Waals surface area contributed by atoms with Gasteiger partial charge in [-0.2, -0.15) is 6.08 Å². The molecule has 1 aliphatic carbocycles. The van der Waals surface area contributed by atoms with Crippen LogP contribution in [-0.2, 0) is 25.4 Å². The summed E-state index contributed by atoms with van der Waals surface area (Å²) in [5, 5.41) is 9.18. The first-order valence-corrected chi connectivity index (χ1v) is 9.21. The van der Waals surface area contributed by atoms with Gasteiger partial charge < -0.3 is 5.11 Å². The number of hydrogen-bond donors (Lipinski definition) is 1. The number of benzene rings is 1. The van der Waals surface area contributed by atoms with Gasteiger partial charge in [0.05, 0.1) is 0 Å². The Balaban J connectivity index is -0.000000322. The number of hydrogen-bond acceptors (Lipinski definition) is 1. The first kappa shape index (κ1) is 30.4. The van der Waals surface area contributed by atoms with E-state index in [0.29, 0.717) is 11.2 Å². The van der Waals surface area contributed by atoms with Gasteiger partial charge in [0.15, 0.2) is 0 Å². The number of allylic oxidation sites excluding steroid dienone is 4. The molecule has 147 valence electrons. The van der Waals surface area contributed by atoms with E-state index >= 15 is 0 Å². The Hall–Kier alpha value is -0.336. The second-order valence-electron chi connectivity index (χ2n) is 8.25. The SMILES string of the molecule is CC(C)(C)C1=[C-]CC=C1.CC(C)(C)c1cccc(O)c1.C[C](C)=[Ti+].Cl.Cl. The van der Waals surface area contributed by atoms with Gasteiger partial charge in [0, 0.05) is 0 Å². The van der Waals surface area contributed by atoms with E-state index < -0.39 is 0 Å². The maximum atomic E-state index is 9.18. The molecular formula is C22H35Cl2OTi. The fraction of sp³-hybridized carbons (Fsp3) is 0.500. The molecule has 1 aromatic carbocycles. The number of aromatic hydroxyl groups is 1. The predicted molar refractivity (Wildman–Crippen MR) is 118 cm³/mol. The molecule has 1 aliphatic rings. The number of phenolic OH excluding ortho intramolecular Hbond substituents is 1. The van der Waals surface area contributed by atoms with Crippen molar-refractivity contribution in [3.05, 3.63) is 53.6 Å². The van der Waals surface area contributed by atoms with Crippen molar-refractivity contribution in [3.63, 3.8) is 0 Å². The summed E-state index contributed by atoms with van der Waals surface area (Å²) in [6.45, 7) is 17.2. The third-order valence-electron chi connectivity index (χ3n) is 3.22. The smallest absolute Gasteiger partial charge is 0.147 e. The number of phenols is 1. The third-order valence-corrected chi connectivity index (χ3v) is 3.22. The molecule has 1 nitrogen and oxygen atoms in total. The van der Waals surface area contributed by atoms with Crippen molar-refractivity contribution in [2.45, 2.75) is 67.2 Å². The quantitative estimate of drug-likeness (QED) is 0.344. The largest absolute Gasteiger partial charge is 0.147 e. The summed E-state index contributed by atoms with van der Waals surface area (Å²) < 4.78 is 1.42. The van der Waals surface area contributed by atoms with Gasteiger partial charge in [0.25, 0.3) is 0 Å². The second-order valence-corrected chi connectivity index (χ2v) is 9.81. The summed E-state index contributed by atoms with van der Waals surface area (Å²) in [5.74, 6) is 0.345. The van der Waals surface area contributed by atoms with Crippen LogP contribution in [0.4, 0.5) is 0 Å². The molecule has 26 heavy (non-hydrogen) atoms. The Bertz CT molecular complexity index is 587. The van der Waals surface area contributed by atoms with Crippen LogP contribution in [0.15, 0.2) is 42.0 Å². The number of halogens is 2. The van der Waals surface area contributed by atoms with Gasteiger partial charge in [-0.25, -0.2) is 11.6 Å². The summed E-state index contributed by atoms with van der Waals surface area (Å²) in [4.78, 5) is 0. The molecule has 0 spiro atoms. The predicted octanol–water partition coefficient (Wildman–Crippen LogP) is 7.00. The van der Waals surface area contributed by atoms with E-state index in [2.05, 4.69) is 93.6 Å². The van der Waals surface area contributed by atoms with Crippen molar-refractivity contribution < 1.29 is 25.1 Å². The van der Waals surface area contributed by atoms with E-state index in [9.17, 15) is 5.11 Å². The van der Waals surface area contributed by atoms with E-state index in [0.717, 1.165) is 12.0 Å². The molecule has 0 aromatic heterocycles. The van der Waals surface area contributed by atoms with Crippen molar-refractivity contribution in [2.24, 2.45) is 5.41 Å². The van der Waals surface area contributed by atoms with E-state index in [1.54, 1.807) is 12.1 Å². The average Bonchev–Trinajstić information content (AvgIpc) is 2.91. The van der Waals surface area contributed by atoms with Gasteiger partial charge >= 0.3 is 37.6 Å². The van der Waals surface area contributed by atoms with Crippen LogP contribution in [-0.4, -0.2) is 8.92 Å². The molecule has 0 fully saturated rings. The van der Waals surface area contributed by atoms with Crippen LogP contribution >= 0.6 is 24.8 Å². The molecule has 4 heteroatoms. The topological polar surface area (TPSA) is 20.2 Å². The summed E-state index contributed by atoms with van der Waals surface area (Å²) in [5.41, 5.74) is 2.94. The molecule has 0 saturated carbocycles. The van der Waals surface area contributed by atoms with Crippen LogP contribution in [0.2, 0.25) is 0 Å². The van der Waals surface area contributed by atoms with Gasteiger partial charge in [-0.15, -0.1) is 31.2 Å². The number of rotatable bonds is 0. The molecule has 0 saturated heterocycles. The van der Waals surface area contributed by atoms with Crippen LogP contribution in [0.5, 0.6) is 5.75 Å². The van der Waals surface area contributed by atoms with Crippen molar-refractivity contribution in [1.29, 1.82) is 0 Å². The summed E-state index contributed by atoms with van der Waals surface area (Å²) in [6, 6.07) is 7.39. The van der Waals surface area contributed by atoms with E-state index in [4.69, 9.17) is 0 Å². The Morgan fingerprint density at radius 2 is 1.50 bits per heavy atom. The zero-order valence-corrected chi connectivity index (χ0v) is 20.6. The Morgan fingerprint density at radius 1 is 1.00 bits per heavy atom. The molecule has 0 heterocycles. The van der Waals surface area contributed by atoms with Crippen LogP contribution < -0.4 is 0 Å². The molecule has 0 aliphatic heterocycles. The fourth-order valence-electron chi connectivity index (χ4n) is 1.89. The monoisotopic (exact) mass is 433 g/mol. The second kappa shape index (κ2) is 13.8. The maximum absolute atomic E-state index is 9.18. The van der Waals surface area contributed by atoms with Gasteiger partial charge in [-0.05, 0) is 28.5 Å². The molecular weight excluding hydrogens is 399 g/mol. The molecule has 0 bridgehead atoms. The minimum absolute atomic E-state index is 0. The first-order valence-electron chi connectivity index (χ1n) is 8.43. The minimum Gasteiger partial charge on any atom is -0.147 e. The molecule has 0 amide bonds. The van der Waals surface area contributed by atoms with Crippen molar-refractivity contribution >= 4 is 28.6 Å². The maximum Gasteiger partial charge on any atom is -0.147 e. The van der Waals surface area contributed by atoms with Crippen molar-refractivity contribution in [2.75, 3.05) is 0 Å². The van der Waals surface area contributed by atoms with Crippen LogP contribution in [0.3, 0.4) is 0 Å². The molecule has 0 atom stereocenters. The molecule has 2 rings (SSSR count). The van der Waals surface area contributed by atoms with Gasteiger partial charge in [-0.3, -0.25) is 6.08 Å². The first-order chi connectivity index (χ1) is 10.8. The average molecular weight is 434 g/mol. The summed E-state index contributed by atoms with van der Waals surface area (Å²) >= 11 is 2.08. The van der Waals surface area contributed by atoms with Crippen LogP contribution in [0, 0.1) is 11.5 Å².